The Labute approximate surface area is 182 Å². The number of rotatable bonds is 4. The number of nitrogens with zero attached hydrogens (tertiary/aromatic N) is 2. The molecule has 0 aromatic heterocycles. The van der Waals surface area contributed by atoms with Crippen molar-refractivity contribution in [3.8, 4) is 0 Å². The number of carbonyl (C=O) groups excluding carboxylic acids is 2. The Morgan fingerprint density at radius 2 is 1.97 bits per heavy atom. The molecule has 1 aromatic rings. The second-order valence-electron chi connectivity index (χ2n) is 8.27. The highest BCUT2D eigenvalue weighted by Gasteiger charge is 2.53. The minimum absolute atomic E-state index is 0.137. The molecule has 1 aromatic carbocycles. The molecule has 3 amide bonds. The molecule has 6 nitrogen and oxygen atoms in total. The van der Waals surface area contributed by atoms with Crippen LogP contribution < -0.4 is 11.1 Å². The summed E-state index contributed by atoms with van der Waals surface area (Å²) in [5, 5.41) is 2.62. The van der Waals surface area contributed by atoms with Crippen LogP contribution in [0.25, 0.3) is 0 Å². The van der Waals surface area contributed by atoms with Gasteiger partial charge < -0.3 is 16.0 Å². The van der Waals surface area contributed by atoms with Crippen LogP contribution in [-0.4, -0.2) is 66.2 Å². The summed E-state index contributed by atoms with van der Waals surface area (Å²) in [5.41, 5.74) is 4.72. The lowest BCUT2D eigenvalue weighted by Crippen LogP contribution is -2.69. The van der Waals surface area contributed by atoms with Crippen LogP contribution in [0.3, 0.4) is 0 Å². The van der Waals surface area contributed by atoms with Gasteiger partial charge in [0.15, 0.2) is 0 Å². The summed E-state index contributed by atoms with van der Waals surface area (Å²) in [6.45, 7) is 1.39. The van der Waals surface area contributed by atoms with E-state index in [1.165, 1.54) is 28.0 Å². The van der Waals surface area contributed by atoms with Crippen molar-refractivity contribution in [2.24, 2.45) is 11.7 Å². The molecule has 2 aliphatic rings. The normalized spacial score (nSPS) is 24.7. The number of benzene rings is 1. The van der Waals surface area contributed by atoms with E-state index < -0.39 is 41.9 Å². The van der Waals surface area contributed by atoms with Crippen molar-refractivity contribution in [2.75, 3.05) is 32.7 Å². The van der Waals surface area contributed by atoms with Gasteiger partial charge in [-0.05, 0) is 56.5 Å². The molecule has 2 aliphatic heterocycles. The molecule has 172 valence electrons. The molecule has 3 N–H and O–H groups in total. The van der Waals surface area contributed by atoms with Gasteiger partial charge in [0, 0.05) is 19.0 Å². The Morgan fingerprint density at radius 3 is 2.52 bits per heavy atom. The highest BCUT2D eigenvalue weighted by atomic mass is 35.5. The van der Waals surface area contributed by atoms with E-state index in [2.05, 4.69) is 5.32 Å². The molecule has 0 bridgehead atoms. The summed E-state index contributed by atoms with van der Waals surface area (Å²) in [6, 6.07) is 3.32. The van der Waals surface area contributed by atoms with Gasteiger partial charge in [-0.25, -0.2) is 9.18 Å². The van der Waals surface area contributed by atoms with Crippen LogP contribution in [0.4, 0.5) is 22.4 Å². The zero-order chi connectivity index (χ0) is 23.0. The number of urea groups is 1. The molecule has 0 saturated carbocycles. The van der Waals surface area contributed by atoms with Gasteiger partial charge in [0.05, 0.1) is 11.6 Å². The first-order valence-electron chi connectivity index (χ1n) is 10.0. The number of halogens is 5. The first kappa shape index (κ1) is 23.6. The lowest BCUT2D eigenvalue weighted by atomic mass is 9.67. The third-order valence-electron chi connectivity index (χ3n) is 6.32. The van der Waals surface area contributed by atoms with Crippen molar-refractivity contribution in [2.45, 2.75) is 37.4 Å². The molecule has 31 heavy (non-hydrogen) atoms. The standard InChI is InChI=1S/C20H25ClF4N4O2/c1-19(17(30)27-6-9-29(19)18(26)31)16(13-2-3-15(22)14(21)10-13)12-4-7-28(8-5-12)11-20(23,24)25/h2-3,10,12,16H,4-9,11H2,1H3,(H2,26,31)(H,27,30)/t16-,19?/m1/s1. The smallest absolute Gasteiger partial charge is 0.352 e. The number of piperazine rings is 1. The predicted octanol–water partition coefficient (Wildman–Crippen LogP) is 3.11. The minimum Gasteiger partial charge on any atom is -0.352 e. The van der Waals surface area contributed by atoms with Crippen LogP contribution in [0.1, 0.15) is 31.2 Å². The van der Waals surface area contributed by atoms with Crippen LogP contribution in [0.15, 0.2) is 18.2 Å². The fourth-order valence-corrected chi connectivity index (χ4v) is 5.11. The number of likely N-dealkylation sites (tertiary alicyclic amines) is 1. The Kier molecular flexibility index (Phi) is 6.71. The van der Waals surface area contributed by atoms with Crippen molar-refractivity contribution in [3.05, 3.63) is 34.6 Å². The van der Waals surface area contributed by atoms with Crippen molar-refractivity contribution in [3.63, 3.8) is 0 Å². The van der Waals surface area contributed by atoms with Crippen molar-refractivity contribution in [1.82, 2.24) is 15.1 Å². The van der Waals surface area contributed by atoms with E-state index >= 15 is 0 Å². The summed E-state index contributed by atoms with van der Waals surface area (Å²) >= 11 is 6.00. The molecule has 2 heterocycles. The summed E-state index contributed by atoms with van der Waals surface area (Å²) in [7, 11) is 0. The van der Waals surface area contributed by atoms with Gasteiger partial charge in [-0.2, -0.15) is 13.2 Å². The molecule has 2 saturated heterocycles. The number of nitrogens with two attached hydrogens (primary N) is 1. The lowest BCUT2D eigenvalue weighted by molar-refractivity contribution is -0.149. The van der Waals surface area contributed by atoms with E-state index in [9.17, 15) is 27.2 Å². The molecule has 0 radical (unpaired) electrons. The zero-order valence-corrected chi connectivity index (χ0v) is 17.8. The van der Waals surface area contributed by atoms with Gasteiger partial charge in [0.1, 0.15) is 11.4 Å². The number of nitrogens with one attached hydrogen (secondary N) is 1. The Morgan fingerprint density at radius 1 is 1.32 bits per heavy atom. The van der Waals surface area contributed by atoms with Gasteiger partial charge in [0.25, 0.3) is 0 Å². The second-order valence-corrected chi connectivity index (χ2v) is 8.68. The Balaban J connectivity index is 1.99. The Bertz CT molecular complexity index is 845. The lowest BCUT2D eigenvalue weighted by Gasteiger charge is -2.51. The molecule has 1 unspecified atom stereocenters. The van der Waals surface area contributed by atoms with Crippen molar-refractivity contribution >= 4 is 23.5 Å². The number of carbonyl (C=O) groups is 2. The maximum absolute atomic E-state index is 13.8. The molecule has 2 atom stereocenters. The quantitative estimate of drug-likeness (QED) is 0.672. The molecule has 2 fully saturated rings. The zero-order valence-electron chi connectivity index (χ0n) is 17.0. The summed E-state index contributed by atoms with van der Waals surface area (Å²) < 4.78 is 52.2. The Hall–Kier alpha value is -2.07. The van der Waals surface area contributed by atoms with Crippen LogP contribution in [0, 0.1) is 11.7 Å². The van der Waals surface area contributed by atoms with Gasteiger partial charge in [-0.1, -0.05) is 17.7 Å². The molecular formula is C20H25ClF4N4O2. The SMILES string of the molecule is CC1([C@@H](c2ccc(F)c(Cl)c2)C2CCN(CC(F)(F)F)CC2)C(=O)NCCN1C(N)=O. The maximum atomic E-state index is 13.8. The fourth-order valence-electron chi connectivity index (χ4n) is 4.92. The van der Waals surface area contributed by atoms with E-state index in [1.54, 1.807) is 6.92 Å². The van der Waals surface area contributed by atoms with Gasteiger partial charge in [-0.3, -0.25) is 9.69 Å². The number of primary amides is 1. The van der Waals surface area contributed by atoms with Gasteiger partial charge >= 0.3 is 12.2 Å². The monoisotopic (exact) mass is 464 g/mol. The number of alkyl halides is 3. The van der Waals surface area contributed by atoms with Crippen molar-refractivity contribution in [1.29, 1.82) is 0 Å². The summed E-state index contributed by atoms with van der Waals surface area (Å²) in [6.07, 6.45) is -3.56. The molecule has 0 aliphatic carbocycles. The molecule has 11 heteroatoms. The first-order chi connectivity index (χ1) is 14.4. The van der Waals surface area contributed by atoms with E-state index in [-0.39, 0.29) is 37.1 Å². The second kappa shape index (κ2) is 8.82. The number of piperidine rings is 1. The van der Waals surface area contributed by atoms with Gasteiger partial charge in [0.2, 0.25) is 5.91 Å². The van der Waals surface area contributed by atoms with E-state index in [0.717, 1.165) is 0 Å². The average molecular weight is 465 g/mol. The maximum Gasteiger partial charge on any atom is 0.401 e. The van der Waals surface area contributed by atoms with Crippen LogP contribution in [0.5, 0.6) is 0 Å². The number of hydrogen-bond acceptors (Lipinski definition) is 3. The molecular weight excluding hydrogens is 440 g/mol. The largest absolute Gasteiger partial charge is 0.401 e. The van der Waals surface area contributed by atoms with E-state index in [4.69, 9.17) is 17.3 Å². The topological polar surface area (TPSA) is 78.7 Å². The minimum atomic E-state index is -4.30. The highest BCUT2D eigenvalue weighted by Crippen LogP contribution is 2.45. The average Bonchev–Trinajstić information content (AvgIpc) is 2.67. The fraction of sp³-hybridized carbons (Fsp3) is 0.600. The summed E-state index contributed by atoms with van der Waals surface area (Å²) in [5.74, 6) is -1.93. The first-order valence-corrected chi connectivity index (χ1v) is 10.4. The van der Waals surface area contributed by atoms with Crippen LogP contribution in [-0.2, 0) is 4.79 Å². The van der Waals surface area contributed by atoms with E-state index in [0.29, 0.717) is 18.4 Å². The number of hydrogen-bond donors (Lipinski definition) is 2. The number of amides is 3. The van der Waals surface area contributed by atoms with Crippen LogP contribution in [0.2, 0.25) is 5.02 Å². The van der Waals surface area contributed by atoms with E-state index in [1.807, 2.05) is 0 Å². The highest BCUT2D eigenvalue weighted by molar-refractivity contribution is 6.30. The van der Waals surface area contributed by atoms with Gasteiger partial charge in [-0.15, -0.1) is 0 Å². The third-order valence-corrected chi connectivity index (χ3v) is 6.61. The summed E-state index contributed by atoms with van der Waals surface area (Å²) in [4.78, 5) is 27.9. The van der Waals surface area contributed by atoms with Crippen molar-refractivity contribution < 1.29 is 27.2 Å². The van der Waals surface area contributed by atoms with Crippen LogP contribution >= 0.6 is 11.6 Å². The third kappa shape index (κ3) is 4.90. The predicted molar refractivity (Wildman–Crippen MR) is 107 cm³/mol. The molecule has 0 spiro atoms. The molecule has 3 rings (SSSR count).